The molecule has 2 aromatic rings. The van der Waals surface area contributed by atoms with Crippen molar-refractivity contribution in [2.24, 2.45) is 0 Å². The number of halogens is 4. The highest BCUT2D eigenvalue weighted by atomic mass is 35.5. The van der Waals surface area contributed by atoms with Crippen molar-refractivity contribution in [3.8, 4) is 11.3 Å². The lowest BCUT2D eigenvalue weighted by Crippen LogP contribution is -2.04. The van der Waals surface area contributed by atoms with Crippen molar-refractivity contribution < 1.29 is 23.1 Å². The van der Waals surface area contributed by atoms with Crippen LogP contribution in [-0.2, 0) is 6.18 Å². The average molecular weight is 302 g/mol. The highest BCUT2D eigenvalue weighted by Crippen LogP contribution is 2.32. The van der Waals surface area contributed by atoms with Crippen molar-refractivity contribution in [2.45, 2.75) is 6.18 Å². The molecule has 0 saturated heterocycles. The molecule has 7 heteroatoms. The molecule has 0 bridgehead atoms. The molecule has 1 aromatic carbocycles. The van der Waals surface area contributed by atoms with E-state index in [0.29, 0.717) is 5.56 Å². The Hall–Kier alpha value is -2.08. The molecule has 0 aliphatic rings. The quantitative estimate of drug-likeness (QED) is 0.907. The molecule has 1 heterocycles. The Balaban J connectivity index is 2.40. The summed E-state index contributed by atoms with van der Waals surface area (Å²) in [4.78, 5) is 14.6. The Morgan fingerprint density at radius 1 is 1.20 bits per heavy atom. The summed E-state index contributed by atoms with van der Waals surface area (Å²) in [6.45, 7) is 0. The first-order chi connectivity index (χ1) is 9.29. The largest absolute Gasteiger partial charge is 0.478 e. The van der Waals surface area contributed by atoms with Crippen LogP contribution >= 0.6 is 11.6 Å². The molecule has 0 spiro atoms. The van der Waals surface area contributed by atoms with Crippen molar-refractivity contribution in [3.63, 3.8) is 0 Å². The SMILES string of the molecule is O=C(O)c1cnc(-c2ccc(C(F)(F)F)cc2)c(Cl)c1. The minimum atomic E-state index is -4.41. The minimum absolute atomic E-state index is 0.0599. The number of hydrogen-bond donors (Lipinski definition) is 1. The predicted octanol–water partition coefficient (Wildman–Crippen LogP) is 4.12. The fraction of sp³-hybridized carbons (Fsp3) is 0.0769. The smallest absolute Gasteiger partial charge is 0.416 e. The first kappa shape index (κ1) is 14.3. The molecular weight excluding hydrogens is 295 g/mol. The topological polar surface area (TPSA) is 50.2 Å². The number of carboxylic acids is 1. The van der Waals surface area contributed by atoms with Gasteiger partial charge in [0.15, 0.2) is 0 Å². The van der Waals surface area contributed by atoms with Crippen molar-refractivity contribution in [1.82, 2.24) is 4.98 Å². The number of pyridine rings is 1. The molecule has 1 N–H and O–H groups in total. The third kappa shape index (κ3) is 2.91. The van der Waals surface area contributed by atoms with Crippen molar-refractivity contribution in [3.05, 3.63) is 52.7 Å². The van der Waals surface area contributed by atoms with E-state index < -0.39 is 17.7 Å². The van der Waals surface area contributed by atoms with Gasteiger partial charge >= 0.3 is 12.1 Å². The van der Waals surface area contributed by atoms with Crippen molar-refractivity contribution >= 4 is 17.6 Å². The van der Waals surface area contributed by atoms with E-state index in [4.69, 9.17) is 16.7 Å². The number of rotatable bonds is 2. The van der Waals surface area contributed by atoms with Gasteiger partial charge in [0, 0.05) is 11.8 Å². The summed E-state index contributed by atoms with van der Waals surface area (Å²) in [7, 11) is 0. The monoisotopic (exact) mass is 301 g/mol. The number of aromatic carboxylic acids is 1. The van der Waals surface area contributed by atoms with E-state index in [2.05, 4.69) is 4.98 Å². The van der Waals surface area contributed by atoms with Crippen LogP contribution in [0.4, 0.5) is 13.2 Å². The number of carbonyl (C=O) groups is 1. The van der Waals surface area contributed by atoms with Gasteiger partial charge in [0.1, 0.15) is 0 Å². The fourth-order valence-corrected chi connectivity index (χ4v) is 1.86. The summed E-state index contributed by atoms with van der Waals surface area (Å²) >= 11 is 5.89. The van der Waals surface area contributed by atoms with Gasteiger partial charge in [-0.15, -0.1) is 0 Å². The summed E-state index contributed by atoms with van der Waals surface area (Å²) in [5, 5.41) is 8.83. The number of aromatic nitrogens is 1. The van der Waals surface area contributed by atoms with Gasteiger partial charge in [-0.25, -0.2) is 4.79 Å². The van der Waals surface area contributed by atoms with Crippen LogP contribution in [0.2, 0.25) is 5.02 Å². The van der Waals surface area contributed by atoms with Gasteiger partial charge in [-0.2, -0.15) is 13.2 Å². The zero-order valence-corrected chi connectivity index (χ0v) is 10.5. The molecule has 3 nitrogen and oxygen atoms in total. The molecule has 0 atom stereocenters. The third-order valence-corrected chi connectivity index (χ3v) is 2.86. The molecule has 0 aliphatic heterocycles. The summed E-state index contributed by atoms with van der Waals surface area (Å²) in [5.41, 5.74) is -0.268. The van der Waals surface area contributed by atoms with E-state index in [-0.39, 0.29) is 16.3 Å². The van der Waals surface area contributed by atoms with E-state index in [1.54, 1.807) is 0 Å². The Kier molecular flexibility index (Phi) is 3.67. The molecule has 0 unspecified atom stereocenters. The number of benzene rings is 1. The second-order valence-electron chi connectivity index (χ2n) is 3.93. The average Bonchev–Trinajstić information content (AvgIpc) is 2.37. The second kappa shape index (κ2) is 5.13. The first-order valence-corrected chi connectivity index (χ1v) is 5.73. The highest BCUT2D eigenvalue weighted by molar-refractivity contribution is 6.33. The van der Waals surface area contributed by atoms with E-state index >= 15 is 0 Å². The number of alkyl halides is 3. The molecule has 0 amide bonds. The molecule has 104 valence electrons. The predicted molar refractivity (Wildman–Crippen MR) is 66.6 cm³/mol. The zero-order chi connectivity index (χ0) is 14.9. The van der Waals surface area contributed by atoms with Gasteiger partial charge in [-0.3, -0.25) is 4.98 Å². The lowest BCUT2D eigenvalue weighted by molar-refractivity contribution is -0.137. The maximum Gasteiger partial charge on any atom is 0.416 e. The van der Waals surface area contributed by atoms with Gasteiger partial charge in [-0.05, 0) is 18.2 Å². The Morgan fingerprint density at radius 3 is 2.25 bits per heavy atom. The third-order valence-electron chi connectivity index (χ3n) is 2.57. The molecule has 2 rings (SSSR count). The van der Waals surface area contributed by atoms with E-state index in [9.17, 15) is 18.0 Å². The Bertz CT molecular complexity index is 654. The zero-order valence-electron chi connectivity index (χ0n) is 9.78. The maximum absolute atomic E-state index is 12.4. The second-order valence-corrected chi connectivity index (χ2v) is 4.34. The lowest BCUT2D eigenvalue weighted by Gasteiger charge is -2.08. The van der Waals surface area contributed by atoms with Gasteiger partial charge in [0.05, 0.1) is 21.8 Å². The maximum atomic E-state index is 12.4. The van der Waals surface area contributed by atoms with Crippen LogP contribution in [0.25, 0.3) is 11.3 Å². The summed E-state index contributed by atoms with van der Waals surface area (Å²) in [6, 6.07) is 5.50. The number of hydrogen-bond acceptors (Lipinski definition) is 2. The fourth-order valence-electron chi connectivity index (χ4n) is 1.58. The normalized spacial score (nSPS) is 11.4. The van der Waals surface area contributed by atoms with Crippen LogP contribution in [0.5, 0.6) is 0 Å². The Labute approximate surface area is 116 Å². The van der Waals surface area contributed by atoms with E-state index in [0.717, 1.165) is 18.3 Å². The molecule has 0 aliphatic carbocycles. The van der Waals surface area contributed by atoms with Crippen molar-refractivity contribution in [2.75, 3.05) is 0 Å². The summed E-state index contributed by atoms with van der Waals surface area (Å²) in [6.07, 6.45) is -3.32. The van der Waals surface area contributed by atoms with Crippen LogP contribution in [0.15, 0.2) is 36.5 Å². The Morgan fingerprint density at radius 2 is 1.80 bits per heavy atom. The standard InChI is InChI=1S/C13H7ClF3NO2/c14-10-5-8(12(19)20)6-18-11(10)7-1-3-9(4-2-7)13(15,16)17/h1-6H,(H,19,20). The van der Waals surface area contributed by atoms with Crippen LogP contribution < -0.4 is 0 Å². The molecule has 20 heavy (non-hydrogen) atoms. The highest BCUT2D eigenvalue weighted by Gasteiger charge is 2.30. The van der Waals surface area contributed by atoms with Gasteiger partial charge < -0.3 is 5.11 Å². The number of carboxylic acid groups (broad SMARTS) is 1. The van der Waals surface area contributed by atoms with E-state index in [1.165, 1.54) is 18.2 Å². The molecular formula is C13H7ClF3NO2. The summed E-state index contributed by atoms with van der Waals surface area (Å²) in [5.74, 6) is -1.18. The molecule has 0 saturated carbocycles. The van der Waals surface area contributed by atoms with Crippen LogP contribution in [0, 0.1) is 0 Å². The number of nitrogens with zero attached hydrogens (tertiary/aromatic N) is 1. The first-order valence-electron chi connectivity index (χ1n) is 5.35. The van der Waals surface area contributed by atoms with Crippen LogP contribution in [0.1, 0.15) is 15.9 Å². The minimum Gasteiger partial charge on any atom is -0.478 e. The summed E-state index contributed by atoms with van der Waals surface area (Å²) < 4.78 is 37.3. The molecule has 0 fully saturated rings. The van der Waals surface area contributed by atoms with Gasteiger partial charge in [0.25, 0.3) is 0 Å². The molecule has 1 aromatic heterocycles. The van der Waals surface area contributed by atoms with Gasteiger partial charge in [0.2, 0.25) is 0 Å². The van der Waals surface area contributed by atoms with Crippen LogP contribution in [0.3, 0.4) is 0 Å². The molecule has 0 radical (unpaired) electrons. The van der Waals surface area contributed by atoms with Gasteiger partial charge in [-0.1, -0.05) is 23.7 Å². The van der Waals surface area contributed by atoms with E-state index in [1.807, 2.05) is 0 Å². The lowest BCUT2D eigenvalue weighted by atomic mass is 10.1. The van der Waals surface area contributed by atoms with Crippen LogP contribution in [-0.4, -0.2) is 16.1 Å². The van der Waals surface area contributed by atoms with Crippen molar-refractivity contribution in [1.29, 1.82) is 0 Å².